The number of fused-ring (bicyclic) bond motifs is 1. The Morgan fingerprint density at radius 1 is 1.03 bits per heavy atom. The lowest BCUT2D eigenvalue weighted by Gasteiger charge is -2.26. The Kier molecular flexibility index (Phi) is 8.18. The van der Waals surface area contributed by atoms with Gasteiger partial charge in [0.05, 0.1) is 16.7 Å². The van der Waals surface area contributed by atoms with E-state index in [0.29, 0.717) is 22.6 Å². The molecular weight excluding hydrogens is 432 g/mol. The van der Waals surface area contributed by atoms with Gasteiger partial charge in [-0.05, 0) is 75.1 Å². The second-order valence-electron chi connectivity index (χ2n) is 8.51. The van der Waals surface area contributed by atoms with Gasteiger partial charge in [-0.1, -0.05) is 49.4 Å². The average Bonchev–Trinajstić information content (AvgIpc) is 2.85. The fraction of sp³-hybridized carbons (Fsp3) is 0.423. The van der Waals surface area contributed by atoms with Crippen LogP contribution < -0.4 is 10.9 Å². The van der Waals surface area contributed by atoms with Gasteiger partial charge in [-0.3, -0.25) is 14.2 Å². The molecule has 0 radical (unpaired) electrons. The Labute approximate surface area is 199 Å². The van der Waals surface area contributed by atoms with E-state index in [2.05, 4.69) is 17.1 Å². The Bertz CT molecular complexity index is 1140. The summed E-state index contributed by atoms with van der Waals surface area (Å²) in [5, 5.41) is 4.17. The van der Waals surface area contributed by atoms with Gasteiger partial charge in [0.1, 0.15) is 0 Å². The molecule has 4 rings (SSSR count). The number of carbonyl (C=O) groups excluding carboxylic acids is 1. The van der Waals surface area contributed by atoms with Crippen molar-refractivity contribution < 1.29 is 4.79 Å². The largest absolute Gasteiger partial charge is 0.325 e. The van der Waals surface area contributed by atoms with Crippen molar-refractivity contribution in [3.8, 4) is 0 Å². The number of hydrogen-bond donors (Lipinski definition) is 1. The topological polar surface area (TPSA) is 67.2 Å². The van der Waals surface area contributed by atoms with Gasteiger partial charge in [0, 0.05) is 12.2 Å². The maximum absolute atomic E-state index is 13.2. The maximum atomic E-state index is 13.2. The monoisotopic (exact) mass is 464 g/mol. The lowest BCUT2D eigenvalue weighted by Crippen LogP contribution is -2.32. The molecule has 1 N–H and O–H groups in total. The average molecular weight is 465 g/mol. The van der Waals surface area contributed by atoms with Crippen LogP contribution in [-0.2, 0) is 17.8 Å². The van der Waals surface area contributed by atoms with Gasteiger partial charge in [-0.15, -0.1) is 0 Å². The van der Waals surface area contributed by atoms with Crippen LogP contribution in [-0.4, -0.2) is 45.7 Å². The Morgan fingerprint density at radius 2 is 1.79 bits per heavy atom. The number of nitrogens with zero attached hydrogens (tertiary/aromatic N) is 3. The summed E-state index contributed by atoms with van der Waals surface area (Å²) in [6.45, 7) is 5.98. The highest BCUT2D eigenvalue weighted by molar-refractivity contribution is 7.99. The SMILES string of the molecule is CCc1ccc(NC(=O)CSc2nc3ccccc3c(=O)n2CCCN2CCCCC2)cc1. The summed E-state index contributed by atoms with van der Waals surface area (Å²) in [6, 6.07) is 15.3. The molecule has 0 spiro atoms. The number of piperidine rings is 1. The molecule has 0 saturated carbocycles. The van der Waals surface area contributed by atoms with Crippen LogP contribution in [0.15, 0.2) is 58.5 Å². The van der Waals surface area contributed by atoms with Gasteiger partial charge in [-0.2, -0.15) is 0 Å². The van der Waals surface area contributed by atoms with Crippen LogP contribution in [0.1, 0.15) is 38.2 Å². The van der Waals surface area contributed by atoms with Crippen molar-refractivity contribution in [2.24, 2.45) is 0 Å². The van der Waals surface area contributed by atoms with E-state index < -0.39 is 0 Å². The number of aryl methyl sites for hydroxylation is 1. The second kappa shape index (κ2) is 11.5. The van der Waals surface area contributed by atoms with Crippen LogP contribution in [0, 0.1) is 0 Å². The molecule has 0 atom stereocenters. The number of rotatable bonds is 9. The molecule has 174 valence electrons. The lowest BCUT2D eigenvalue weighted by molar-refractivity contribution is -0.113. The summed E-state index contributed by atoms with van der Waals surface area (Å²) in [7, 11) is 0. The van der Waals surface area contributed by atoms with Crippen molar-refractivity contribution in [2.45, 2.75) is 50.7 Å². The molecule has 0 unspecified atom stereocenters. The smallest absolute Gasteiger partial charge is 0.262 e. The minimum absolute atomic E-state index is 0.0303. The zero-order chi connectivity index (χ0) is 23.0. The van der Waals surface area contributed by atoms with E-state index >= 15 is 0 Å². The lowest BCUT2D eigenvalue weighted by atomic mass is 10.1. The molecule has 33 heavy (non-hydrogen) atoms. The third kappa shape index (κ3) is 6.24. The molecule has 1 fully saturated rings. The number of benzene rings is 2. The fourth-order valence-corrected chi connectivity index (χ4v) is 5.07. The first-order valence-corrected chi connectivity index (χ1v) is 12.9. The van der Waals surface area contributed by atoms with Gasteiger partial charge in [-0.25, -0.2) is 4.98 Å². The first kappa shape index (κ1) is 23.5. The quantitative estimate of drug-likeness (QED) is 0.371. The Hall–Kier alpha value is -2.64. The van der Waals surface area contributed by atoms with Crippen LogP contribution in [0.2, 0.25) is 0 Å². The normalized spacial score (nSPS) is 14.5. The summed E-state index contributed by atoms with van der Waals surface area (Å²) in [5.74, 6) is 0.0958. The predicted octanol–water partition coefficient (Wildman–Crippen LogP) is 4.57. The van der Waals surface area contributed by atoms with Crippen molar-refractivity contribution in [2.75, 3.05) is 30.7 Å². The minimum atomic E-state index is -0.105. The molecule has 2 heterocycles. The summed E-state index contributed by atoms with van der Waals surface area (Å²) < 4.78 is 1.75. The van der Waals surface area contributed by atoms with Crippen molar-refractivity contribution in [1.82, 2.24) is 14.5 Å². The molecule has 1 aliphatic heterocycles. The molecular formula is C26H32N4O2S. The molecule has 0 bridgehead atoms. The van der Waals surface area contributed by atoms with E-state index in [-0.39, 0.29) is 17.2 Å². The van der Waals surface area contributed by atoms with Gasteiger partial charge >= 0.3 is 0 Å². The summed E-state index contributed by atoms with van der Waals surface area (Å²) in [4.78, 5) is 33.0. The Morgan fingerprint density at radius 3 is 2.55 bits per heavy atom. The number of anilines is 1. The van der Waals surface area contributed by atoms with Crippen molar-refractivity contribution >= 4 is 34.3 Å². The first-order valence-electron chi connectivity index (χ1n) is 11.9. The van der Waals surface area contributed by atoms with Gasteiger partial charge in [0.25, 0.3) is 5.56 Å². The first-order chi connectivity index (χ1) is 16.1. The van der Waals surface area contributed by atoms with Crippen molar-refractivity contribution in [3.63, 3.8) is 0 Å². The standard InChI is InChI=1S/C26H32N4O2S/c1-2-20-11-13-21(14-12-20)27-24(31)19-33-26-28-23-10-5-4-9-22(23)25(32)30(26)18-8-17-29-15-6-3-7-16-29/h4-5,9-14H,2-3,6-8,15-19H2,1H3,(H,27,31). The molecule has 7 heteroatoms. The van der Waals surface area contributed by atoms with Crippen molar-refractivity contribution in [1.29, 1.82) is 0 Å². The molecule has 1 aliphatic rings. The van der Waals surface area contributed by atoms with Crippen LogP contribution in [0.5, 0.6) is 0 Å². The van der Waals surface area contributed by atoms with E-state index in [4.69, 9.17) is 4.98 Å². The molecule has 1 aromatic heterocycles. The number of nitrogens with one attached hydrogen (secondary N) is 1. The zero-order valence-corrected chi connectivity index (χ0v) is 20.1. The molecule has 1 saturated heterocycles. The third-order valence-electron chi connectivity index (χ3n) is 6.11. The molecule has 1 amide bonds. The van der Waals surface area contributed by atoms with Crippen molar-refractivity contribution in [3.05, 3.63) is 64.4 Å². The van der Waals surface area contributed by atoms with Gasteiger partial charge in [0.15, 0.2) is 5.16 Å². The number of carbonyl (C=O) groups is 1. The number of likely N-dealkylation sites (tertiary alicyclic amines) is 1. The summed E-state index contributed by atoms with van der Waals surface area (Å²) >= 11 is 1.32. The van der Waals surface area contributed by atoms with Crippen LogP contribution >= 0.6 is 11.8 Å². The highest BCUT2D eigenvalue weighted by atomic mass is 32.2. The summed E-state index contributed by atoms with van der Waals surface area (Å²) in [6.07, 6.45) is 5.69. The van der Waals surface area contributed by atoms with Crippen LogP contribution in [0.3, 0.4) is 0 Å². The van der Waals surface area contributed by atoms with Gasteiger partial charge in [0.2, 0.25) is 5.91 Å². The number of thioether (sulfide) groups is 1. The highest BCUT2D eigenvalue weighted by Crippen LogP contribution is 2.19. The van der Waals surface area contributed by atoms with E-state index in [1.54, 1.807) is 4.57 Å². The maximum Gasteiger partial charge on any atom is 0.262 e. The molecule has 2 aromatic carbocycles. The van der Waals surface area contributed by atoms with E-state index in [9.17, 15) is 9.59 Å². The van der Waals surface area contributed by atoms with Gasteiger partial charge < -0.3 is 10.2 Å². The van der Waals surface area contributed by atoms with E-state index in [1.165, 1.54) is 36.6 Å². The fourth-order valence-electron chi connectivity index (χ4n) is 4.24. The summed E-state index contributed by atoms with van der Waals surface area (Å²) in [5.41, 5.74) is 2.66. The molecule has 0 aliphatic carbocycles. The third-order valence-corrected chi connectivity index (χ3v) is 7.09. The number of amides is 1. The minimum Gasteiger partial charge on any atom is -0.325 e. The van der Waals surface area contributed by atoms with Crippen LogP contribution in [0.25, 0.3) is 10.9 Å². The van der Waals surface area contributed by atoms with E-state index in [0.717, 1.165) is 38.2 Å². The molecule has 6 nitrogen and oxygen atoms in total. The predicted molar refractivity (Wildman–Crippen MR) is 136 cm³/mol. The number of para-hydroxylation sites is 1. The number of hydrogen-bond acceptors (Lipinski definition) is 5. The second-order valence-corrected chi connectivity index (χ2v) is 9.45. The zero-order valence-electron chi connectivity index (χ0n) is 19.3. The van der Waals surface area contributed by atoms with Crippen LogP contribution in [0.4, 0.5) is 5.69 Å². The molecule has 3 aromatic rings. The number of aromatic nitrogens is 2. The van der Waals surface area contributed by atoms with E-state index in [1.807, 2.05) is 48.5 Å². The highest BCUT2D eigenvalue weighted by Gasteiger charge is 2.15. The Balaban J connectivity index is 1.45.